The number of nitrogens with one attached hydrogen (secondary N) is 2. The van der Waals surface area contributed by atoms with Gasteiger partial charge in [-0.25, -0.2) is 0 Å². The van der Waals surface area contributed by atoms with Gasteiger partial charge in [0.1, 0.15) is 11.5 Å². The van der Waals surface area contributed by atoms with Gasteiger partial charge in [-0.1, -0.05) is 30.7 Å². The number of anilines is 2. The summed E-state index contributed by atoms with van der Waals surface area (Å²) in [5, 5.41) is 6.72. The molecule has 2 N–H and O–H groups in total. The summed E-state index contributed by atoms with van der Waals surface area (Å²) >= 11 is 1.20. The van der Waals surface area contributed by atoms with Crippen molar-refractivity contribution < 1.29 is 9.47 Å². The van der Waals surface area contributed by atoms with Gasteiger partial charge in [0.2, 0.25) is 0 Å². The molecule has 1 aliphatic heterocycles. The molecule has 1 aliphatic rings. The Morgan fingerprint density at radius 3 is 2.45 bits per heavy atom. The lowest BCUT2D eigenvalue weighted by Gasteiger charge is -2.26. The maximum atomic E-state index is 5.99. The van der Waals surface area contributed by atoms with Crippen LogP contribution in [0, 0.1) is 0 Å². The first-order valence-corrected chi connectivity index (χ1v) is 12.4. The molecule has 4 rings (SSSR count). The van der Waals surface area contributed by atoms with Gasteiger partial charge < -0.3 is 20.1 Å². The van der Waals surface area contributed by atoms with Crippen LogP contribution in [-0.4, -0.2) is 47.0 Å². The van der Waals surface area contributed by atoms with Gasteiger partial charge in [-0.3, -0.25) is 4.90 Å². The van der Waals surface area contributed by atoms with E-state index in [1.807, 2.05) is 24.3 Å². The van der Waals surface area contributed by atoms with E-state index in [1.54, 1.807) is 7.11 Å². The van der Waals surface area contributed by atoms with E-state index in [0.29, 0.717) is 13.2 Å². The molecule has 0 atom stereocenters. The van der Waals surface area contributed by atoms with E-state index >= 15 is 0 Å². The zero-order valence-corrected chi connectivity index (χ0v) is 20.1. The number of hydrogen-bond donors (Lipinski definition) is 2. The van der Waals surface area contributed by atoms with Gasteiger partial charge in [0.15, 0.2) is 11.6 Å². The minimum absolute atomic E-state index is 0.657. The van der Waals surface area contributed by atoms with Crippen molar-refractivity contribution >= 4 is 23.4 Å². The number of benzene rings is 2. The number of nitrogens with zero attached hydrogens (tertiary/aromatic N) is 3. The molecule has 1 aromatic heterocycles. The lowest BCUT2D eigenvalue weighted by atomic mass is 10.1. The van der Waals surface area contributed by atoms with Crippen molar-refractivity contribution in [1.29, 1.82) is 0 Å². The summed E-state index contributed by atoms with van der Waals surface area (Å²) in [6.45, 7) is 5.52. The Hall–Kier alpha value is -2.84. The van der Waals surface area contributed by atoms with Crippen LogP contribution in [-0.2, 0) is 13.1 Å². The zero-order valence-electron chi connectivity index (χ0n) is 19.3. The van der Waals surface area contributed by atoms with Gasteiger partial charge in [0.25, 0.3) is 0 Å². The summed E-state index contributed by atoms with van der Waals surface area (Å²) in [6, 6.07) is 16.5. The maximum Gasteiger partial charge on any atom is 0.184 e. The molecule has 2 aromatic carbocycles. The molecule has 0 radical (unpaired) electrons. The van der Waals surface area contributed by atoms with Crippen LogP contribution in [0.25, 0.3) is 0 Å². The standard InChI is InChI=1S/C25H33N5O2S/c1-31-22-10-5-8-20(16-22)18-27-25-24(28-33-29-25)26-12-7-15-32-23-11-6-9-21(17-23)19-30-13-3-2-4-14-30/h5-6,8-11,16-17H,2-4,7,12-15,18-19H2,1H3,(H,26,28)(H,27,29). The molecule has 7 nitrogen and oxygen atoms in total. The van der Waals surface area contributed by atoms with Crippen LogP contribution in [0.2, 0.25) is 0 Å². The molecule has 2 heterocycles. The molecular weight excluding hydrogens is 434 g/mol. The normalized spacial score (nSPS) is 14.1. The van der Waals surface area contributed by atoms with E-state index in [9.17, 15) is 0 Å². The van der Waals surface area contributed by atoms with Crippen LogP contribution in [0.5, 0.6) is 11.5 Å². The molecule has 1 saturated heterocycles. The number of hydrogen-bond acceptors (Lipinski definition) is 8. The van der Waals surface area contributed by atoms with Crippen LogP contribution in [0.1, 0.15) is 36.8 Å². The molecule has 0 amide bonds. The summed E-state index contributed by atoms with van der Waals surface area (Å²) in [6.07, 6.45) is 4.87. The van der Waals surface area contributed by atoms with Gasteiger partial charge in [-0.2, -0.15) is 8.75 Å². The van der Waals surface area contributed by atoms with Crippen molar-refractivity contribution in [3.63, 3.8) is 0 Å². The Kier molecular flexibility index (Phi) is 8.77. The van der Waals surface area contributed by atoms with E-state index in [0.717, 1.165) is 48.2 Å². The number of likely N-dealkylation sites (tertiary alicyclic amines) is 1. The van der Waals surface area contributed by atoms with Crippen LogP contribution < -0.4 is 20.1 Å². The van der Waals surface area contributed by atoms with Gasteiger partial charge in [0.05, 0.1) is 25.4 Å². The van der Waals surface area contributed by atoms with Crippen molar-refractivity contribution in [2.75, 3.05) is 44.0 Å². The summed E-state index contributed by atoms with van der Waals surface area (Å²) in [7, 11) is 1.68. The minimum atomic E-state index is 0.657. The summed E-state index contributed by atoms with van der Waals surface area (Å²) in [5.41, 5.74) is 2.46. The highest BCUT2D eigenvalue weighted by Crippen LogP contribution is 2.21. The lowest BCUT2D eigenvalue weighted by Crippen LogP contribution is -2.29. The number of rotatable bonds is 12. The molecule has 33 heavy (non-hydrogen) atoms. The SMILES string of the molecule is COc1cccc(CNc2nsnc2NCCCOc2cccc(CN3CCCCC3)c2)c1. The fourth-order valence-electron chi connectivity index (χ4n) is 3.97. The van der Waals surface area contributed by atoms with Crippen LogP contribution >= 0.6 is 11.7 Å². The van der Waals surface area contributed by atoms with Gasteiger partial charge in [0, 0.05) is 19.6 Å². The summed E-state index contributed by atoms with van der Waals surface area (Å²) in [4.78, 5) is 2.54. The second kappa shape index (κ2) is 12.4. The second-order valence-corrected chi connectivity index (χ2v) is 8.81. The van der Waals surface area contributed by atoms with E-state index in [2.05, 4.69) is 48.5 Å². The van der Waals surface area contributed by atoms with Crippen molar-refractivity contribution in [3.8, 4) is 11.5 Å². The fraction of sp³-hybridized carbons (Fsp3) is 0.440. The molecule has 0 spiro atoms. The fourth-order valence-corrected chi connectivity index (χ4v) is 4.47. The van der Waals surface area contributed by atoms with Crippen molar-refractivity contribution in [3.05, 3.63) is 59.7 Å². The zero-order chi connectivity index (χ0) is 22.7. The Balaban J connectivity index is 1.17. The largest absolute Gasteiger partial charge is 0.497 e. The molecule has 8 heteroatoms. The summed E-state index contributed by atoms with van der Waals surface area (Å²) in [5.74, 6) is 3.35. The number of ether oxygens (including phenoxy) is 2. The Morgan fingerprint density at radius 1 is 0.909 bits per heavy atom. The topological polar surface area (TPSA) is 71.5 Å². The van der Waals surface area contributed by atoms with Crippen LogP contribution in [0.3, 0.4) is 0 Å². The third-order valence-corrected chi connectivity index (χ3v) is 6.25. The van der Waals surface area contributed by atoms with Gasteiger partial charge in [-0.15, -0.1) is 0 Å². The molecule has 0 bridgehead atoms. The Bertz CT molecular complexity index is 990. The second-order valence-electron chi connectivity index (χ2n) is 8.28. The first kappa shape index (κ1) is 23.3. The third-order valence-electron chi connectivity index (χ3n) is 5.72. The van der Waals surface area contributed by atoms with E-state index < -0.39 is 0 Å². The maximum absolute atomic E-state index is 5.99. The Labute approximate surface area is 200 Å². The molecule has 3 aromatic rings. The van der Waals surface area contributed by atoms with Gasteiger partial charge in [-0.05, 0) is 67.7 Å². The minimum Gasteiger partial charge on any atom is -0.497 e. The predicted molar refractivity (Wildman–Crippen MR) is 134 cm³/mol. The average molecular weight is 468 g/mol. The molecule has 1 fully saturated rings. The lowest BCUT2D eigenvalue weighted by molar-refractivity contribution is 0.220. The molecular formula is C25H33N5O2S. The highest BCUT2D eigenvalue weighted by Gasteiger charge is 2.11. The van der Waals surface area contributed by atoms with E-state index in [1.165, 1.54) is 49.6 Å². The average Bonchev–Trinajstić information content (AvgIpc) is 3.31. The van der Waals surface area contributed by atoms with Crippen LogP contribution in [0.15, 0.2) is 48.5 Å². The highest BCUT2D eigenvalue weighted by molar-refractivity contribution is 6.99. The van der Waals surface area contributed by atoms with E-state index in [-0.39, 0.29) is 0 Å². The number of piperidine rings is 1. The summed E-state index contributed by atoms with van der Waals surface area (Å²) < 4.78 is 20.0. The molecule has 0 unspecified atom stereocenters. The molecule has 176 valence electrons. The first-order valence-electron chi connectivity index (χ1n) is 11.7. The third kappa shape index (κ3) is 7.33. The van der Waals surface area contributed by atoms with E-state index in [4.69, 9.17) is 9.47 Å². The number of aromatic nitrogens is 2. The molecule has 0 saturated carbocycles. The Morgan fingerprint density at radius 2 is 1.64 bits per heavy atom. The number of methoxy groups -OCH3 is 1. The van der Waals surface area contributed by atoms with Crippen molar-refractivity contribution in [2.45, 2.75) is 38.8 Å². The molecule has 0 aliphatic carbocycles. The van der Waals surface area contributed by atoms with Gasteiger partial charge >= 0.3 is 0 Å². The highest BCUT2D eigenvalue weighted by atomic mass is 32.1. The quantitative estimate of drug-likeness (QED) is 0.362. The van der Waals surface area contributed by atoms with Crippen LogP contribution in [0.4, 0.5) is 11.6 Å². The van der Waals surface area contributed by atoms with Crippen molar-refractivity contribution in [2.24, 2.45) is 0 Å². The smallest absolute Gasteiger partial charge is 0.184 e. The first-order chi connectivity index (χ1) is 16.3. The van der Waals surface area contributed by atoms with Crippen molar-refractivity contribution in [1.82, 2.24) is 13.6 Å². The monoisotopic (exact) mass is 467 g/mol. The predicted octanol–water partition coefficient (Wildman–Crippen LogP) is 5.03.